The van der Waals surface area contributed by atoms with Crippen molar-refractivity contribution in [2.24, 2.45) is 0 Å². The highest BCUT2D eigenvalue weighted by atomic mass is 35.5. The van der Waals surface area contributed by atoms with Gasteiger partial charge in [-0.1, -0.05) is 23.7 Å². The molecule has 0 aliphatic rings. The Bertz CT molecular complexity index is 432. The van der Waals surface area contributed by atoms with Crippen molar-refractivity contribution in [3.05, 3.63) is 34.9 Å². The number of carbonyl (C=O) groups excluding carboxylic acids is 1. The molecule has 0 amide bonds. The Labute approximate surface area is 112 Å². The first-order valence-corrected chi connectivity index (χ1v) is 6.32. The number of nitrogens with zero attached hydrogens (tertiary/aromatic N) is 1. The molecular weight excluding hydrogens is 289 g/mol. The summed E-state index contributed by atoms with van der Waals surface area (Å²) >= 11 is 18.2. The van der Waals surface area contributed by atoms with Crippen molar-refractivity contribution in [1.82, 2.24) is 0 Å². The van der Waals surface area contributed by atoms with E-state index in [0.717, 1.165) is 11.8 Å². The Kier molecular flexibility index (Phi) is 5.43. The zero-order chi connectivity index (χ0) is 12.1. The van der Waals surface area contributed by atoms with Gasteiger partial charge in [0.1, 0.15) is 15.5 Å². The van der Waals surface area contributed by atoms with Crippen LogP contribution in [-0.4, -0.2) is 15.9 Å². The first-order chi connectivity index (χ1) is 7.57. The first-order valence-electron chi connectivity index (χ1n) is 4.19. The van der Waals surface area contributed by atoms with Gasteiger partial charge in [0.2, 0.25) is 0 Å². The normalized spacial score (nSPS) is 13.9. The number of ketones is 1. The Morgan fingerprint density at radius 1 is 1.38 bits per heavy atom. The number of benzene rings is 1. The van der Waals surface area contributed by atoms with Crippen molar-refractivity contribution < 1.29 is 4.79 Å². The van der Waals surface area contributed by atoms with Gasteiger partial charge in [-0.25, -0.2) is 0 Å². The molecule has 0 radical (unpaired) electrons. The number of hydrogen-bond acceptors (Lipinski definition) is 3. The molecule has 0 saturated heterocycles. The van der Waals surface area contributed by atoms with Crippen LogP contribution in [0.4, 0.5) is 0 Å². The first kappa shape index (κ1) is 13.7. The minimum Gasteiger partial charge on any atom is -0.292 e. The summed E-state index contributed by atoms with van der Waals surface area (Å²) in [6.07, 6.45) is 0. The number of Topliss-reactive ketones (excluding diaryl/α,β-unsaturated/α-hetero) is 1. The number of carbonyl (C=O) groups is 1. The molecule has 0 saturated carbocycles. The van der Waals surface area contributed by atoms with Crippen LogP contribution in [0, 0.1) is 10.7 Å². The van der Waals surface area contributed by atoms with Crippen LogP contribution in [0.25, 0.3) is 0 Å². The zero-order valence-electron chi connectivity index (χ0n) is 7.86. The van der Waals surface area contributed by atoms with Crippen LogP contribution in [0.3, 0.4) is 0 Å². The summed E-state index contributed by atoms with van der Waals surface area (Å²) in [7, 11) is 0. The van der Waals surface area contributed by atoms with Crippen molar-refractivity contribution in [2.45, 2.75) is 10.1 Å². The molecule has 1 aromatic rings. The summed E-state index contributed by atoms with van der Waals surface area (Å²) in [5.74, 6) is -0.380. The number of halogens is 3. The van der Waals surface area contributed by atoms with Crippen LogP contribution in [-0.2, 0) is 0 Å². The highest BCUT2D eigenvalue weighted by Gasteiger charge is 2.27. The van der Waals surface area contributed by atoms with Gasteiger partial charge in [0.25, 0.3) is 0 Å². The summed E-state index contributed by atoms with van der Waals surface area (Å²) < 4.78 is -0.796. The molecule has 2 nitrogen and oxygen atoms in total. The molecule has 0 N–H and O–H groups in total. The molecule has 6 heteroatoms. The quantitative estimate of drug-likeness (QED) is 0.480. The molecule has 84 valence electrons. The maximum absolute atomic E-state index is 11.9. The standard InChI is InChI=1S/C10H6Cl3NOS/c11-7-4-2-1-3-6(7)9(15)8(12)10(13)16-5-14/h1-4,8,10H. The molecule has 2 atom stereocenters. The van der Waals surface area contributed by atoms with E-state index < -0.39 is 10.1 Å². The number of thiocyanates is 1. The fraction of sp³-hybridized carbons (Fsp3) is 0.200. The van der Waals surface area contributed by atoms with Crippen LogP contribution >= 0.6 is 46.6 Å². The van der Waals surface area contributed by atoms with Crippen molar-refractivity contribution in [3.8, 4) is 5.40 Å². The van der Waals surface area contributed by atoms with E-state index in [-0.39, 0.29) is 5.78 Å². The fourth-order valence-corrected chi connectivity index (χ4v) is 2.12. The Balaban J connectivity index is 2.87. The fourth-order valence-electron chi connectivity index (χ4n) is 1.04. The number of alkyl halides is 2. The molecule has 2 unspecified atom stereocenters. The van der Waals surface area contributed by atoms with Crippen molar-refractivity contribution in [3.63, 3.8) is 0 Å². The average Bonchev–Trinajstić information content (AvgIpc) is 2.28. The predicted molar refractivity (Wildman–Crippen MR) is 68.3 cm³/mol. The van der Waals surface area contributed by atoms with Gasteiger partial charge in [-0.3, -0.25) is 4.79 Å². The van der Waals surface area contributed by atoms with Gasteiger partial charge in [-0.15, -0.1) is 23.2 Å². The van der Waals surface area contributed by atoms with Gasteiger partial charge < -0.3 is 0 Å². The lowest BCUT2D eigenvalue weighted by atomic mass is 10.1. The smallest absolute Gasteiger partial charge is 0.184 e. The number of rotatable bonds is 4. The second kappa shape index (κ2) is 6.36. The van der Waals surface area contributed by atoms with Gasteiger partial charge in [0.05, 0.1) is 5.02 Å². The van der Waals surface area contributed by atoms with E-state index in [9.17, 15) is 4.79 Å². The molecule has 0 aromatic heterocycles. The molecule has 0 heterocycles. The van der Waals surface area contributed by atoms with E-state index in [0.29, 0.717) is 10.6 Å². The van der Waals surface area contributed by atoms with Crippen LogP contribution in [0.5, 0.6) is 0 Å². The van der Waals surface area contributed by atoms with Crippen LogP contribution in [0.15, 0.2) is 24.3 Å². The molecule has 0 bridgehead atoms. The van der Waals surface area contributed by atoms with E-state index in [1.54, 1.807) is 29.7 Å². The molecule has 16 heavy (non-hydrogen) atoms. The number of hydrogen-bond donors (Lipinski definition) is 0. The van der Waals surface area contributed by atoms with E-state index in [1.807, 2.05) is 0 Å². The molecule has 0 fully saturated rings. The summed E-state index contributed by atoms with van der Waals surface area (Å²) in [5.41, 5.74) is 0.313. The third-order valence-electron chi connectivity index (χ3n) is 1.79. The Morgan fingerprint density at radius 3 is 2.56 bits per heavy atom. The molecule has 0 spiro atoms. The lowest BCUT2D eigenvalue weighted by Gasteiger charge is -2.12. The topological polar surface area (TPSA) is 40.9 Å². The van der Waals surface area contributed by atoms with Gasteiger partial charge in [-0.05, 0) is 23.9 Å². The summed E-state index contributed by atoms with van der Waals surface area (Å²) in [4.78, 5) is 11.9. The van der Waals surface area contributed by atoms with E-state index >= 15 is 0 Å². The highest BCUT2D eigenvalue weighted by Crippen LogP contribution is 2.27. The minimum absolute atomic E-state index is 0.313. The summed E-state index contributed by atoms with van der Waals surface area (Å²) in [5, 5.41) is 9.55. The average molecular weight is 295 g/mol. The second-order valence-corrected chi connectivity index (χ2v) is 5.34. The van der Waals surface area contributed by atoms with Crippen LogP contribution in [0.1, 0.15) is 10.4 Å². The van der Waals surface area contributed by atoms with Gasteiger partial charge in [0.15, 0.2) is 5.78 Å². The minimum atomic E-state index is -0.980. The number of nitriles is 1. The zero-order valence-corrected chi connectivity index (χ0v) is 10.9. The lowest BCUT2D eigenvalue weighted by Crippen LogP contribution is -2.23. The van der Waals surface area contributed by atoms with Crippen LogP contribution in [0.2, 0.25) is 5.02 Å². The maximum atomic E-state index is 11.9. The SMILES string of the molecule is N#CSC(Cl)C(Cl)C(=O)c1ccccc1Cl. The third kappa shape index (κ3) is 3.29. The van der Waals surface area contributed by atoms with E-state index in [1.165, 1.54) is 0 Å². The predicted octanol–water partition coefficient (Wildman–Crippen LogP) is 3.91. The largest absolute Gasteiger partial charge is 0.292 e. The molecular formula is C10H6Cl3NOS. The van der Waals surface area contributed by atoms with E-state index in [4.69, 9.17) is 40.1 Å². The lowest BCUT2D eigenvalue weighted by molar-refractivity contribution is 0.0991. The van der Waals surface area contributed by atoms with Crippen LogP contribution < -0.4 is 0 Å². The molecule has 1 aromatic carbocycles. The maximum Gasteiger partial charge on any atom is 0.184 e. The van der Waals surface area contributed by atoms with Gasteiger partial charge in [-0.2, -0.15) is 5.26 Å². The monoisotopic (exact) mass is 293 g/mol. The molecule has 1 rings (SSSR count). The van der Waals surface area contributed by atoms with Gasteiger partial charge in [0, 0.05) is 5.56 Å². The summed E-state index contributed by atoms with van der Waals surface area (Å²) in [6, 6.07) is 6.56. The number of thioether (sulfide) groups is 1. The highest BCUT2D eigenvalue weighted by molar-refractivity contribution is 8.05. The Hall–Kier alpha value is -0.400. The van der Waals surface area contributed by atoms with Crippen molar-refractivity contribution in [2.75, 3.05) is 0 Å². The van der Waals surface area contributed by atoms with Crippen molar-refractivity contribution in [1.29, 1.82) is 5.26 Å². The summed E-state index contributed by atoms with van der Waals surface area (Å²) in [6.45, 7) is 0. The van der Waals surface area contributed by atoms with Crippen molar-refractivity contribution >= 4 is 52.3 Å². The second-order valence-electron chi connectivity index (χ2n) is 2.81. The molecule has 0 aliphatic heterocycles. The van der Waals surface area contributed by atoms with Gasteiger partial charge >= 0.3 is 0 Å². The Morgan fingerprint density at radius 2 is 2.00 bits per heavy atom. The molecule has 0 aliphatic carbocycles. The third-order valence-corrected chi connectivity index (χ3v) is 3.97. The van der Waals surface area contributed by atoms with E-state index in [2.05, 4.69) is 0 Å².